The molecule has 4 heteroatoms. The molecule has 0 bridgehead atoms. The minimum Gasteiger partial charge on any atom is -0.339 e. The highest BCUT2D eigenvalue weighted by atomic mass is 16.5. The molecule has 1 aromatic heterocycles. The summed E-state index contributed by atoms with van der Waals surface area (Å²) in [5, 5.41) is 7.73. The zero-order chi connectivity index (χ0) is 14.0. The normalized spacial score (nSPS) is 25.6. The van der Waals surface area contributed by atoms with Gasteiger partial charge in [0, 0.05) is 12.0 Å². The van der Waals surface area contributed by atoms with Crippen LogP contribution in [0.25, 0.3) is 0 Å². The topological polar surface area (TPSA) is 51.0 Å². The fourth-order valence-corrected chi connectivity index (χ4v) is 2.79. The molecule has 1 heterocycles. The Bertz CT molecular complexity index is 402. The monoisotopic (exact) mass is 265 g/mol. The summed E-state index contributed by atoms with van der Waals surface area (Å²) in [7, 11) is 0. The van der Waals surface area contributed by atoms with Crippen molar-refractivity contribution in [1.82, 2.24) is 15.5 Å². The summed E-state index contributed by atoms with van der Waals surface area (Å²) in [6, 6.07) is 0.366. The van der Waals surface area contributed by atoms with Gasteiger partial charge in [0.1, 0.15) is 0 Å². The maximum atomic E-state index is 5.54. The van der Waals surface area contributed by atoms with Crippen LogP contribution in [0.5, 0.6) is 0 Å². The number of hydrogen-bond acceptors (Lipinski definition) is 4. The van der Waals surface area contributed by atoms with Crippen LogP contribution in [0, 0.1) is 11.8 Å². The molecule has 1 saturated carbocycles. The van der Waals surface area contributed by atoms with Crippen LogP contribution in [-0.2, 0) is 0 Å². The van der Waals surface area contributed by atoms with Gasteiger partial charge < -0.3 is 9.84 Å². The van der Waals surface area contributed by atoms with Gasteiger partial charge in [-0.15, -0.1) is 0 Å². The summed E-state index contributed by atoms with van der Waals surface area (Å²) < 4.78 is 5.54. The molecule has 1 fully saturated rings. The Morgan fingerprint density at radius 2 is 2.05 bits per heavy atom. The Labute approximate surface area is 116 Å². The van der Waals surface area contributed by atoms with Gasteiger partial charge in [0.25, 0.3) is 0 Å². The molecule has 0 aliphatic heterocycles. The van der Waals surface area contributed by atoms with E-state index in [-0.39, 0.29) is 0 Å². The molecule has 4 unspecified atom stereocenters. The quantitative estimate of drug-likeness (QED) is 0.821. The van der Waals surface area contributed by atoms with E-state index in [2.05, 4.69) is 50.1 Å². The van der Waals surface area contributed by atoms with E-state index >= 15 is 0 Å². The molecule has 108 valence electrons. The predicted molar refractivity (Wildman–Crippen MR) is 76.2 cm³/mol. The number of nitrogens with zero attached hydrogens (tertiary/aromatic N) is 2. The van der Waals surface area contributed by atoms with E-state index in [0.717, 1.165) is 30.6 Å². The number of aromatic nitrogens is 2. The lowest BCUT2D eigenvalue weighted by Gasteiger charge is -2.24. The van der Waals surface area contributed by atoms with Crippen molar-refractivity contribution in [2.75, 3.05) is 6.54 Å². The van der Waals surface area contributed by atoms with E-state index in [4.69, 9.17) is 4.52 Å². The number of hydrogen-bond donors (Lipinski definition) is 1. The summed E-state index contributed by atoms with van der Waals surface area (Å²) >= 11 is 0. The van der Waals surface area contributed by atoms with Gasteiger partial charge in [-0.1, -0.05) is 32.9 Å². The van der Waals surface area contributed by atoms with Crippen molar-refractivity contribution >= 4 is 0 Å². The molecular weight excluding hydrogens is 238 g/mol. The maximum Gasteiger partial charge on any atom is 0.231 e. The minimum absolute atomic E-state index is 0.293. The van der Waals surface area contributed by atoms with Crippen LogP contribution in [-0.4, -0.2) is 22.7 Å². The van der Waals surface area contributed by atoms with Crippen LogP contribution in [0.3, 0.4) is 0 Å². The zero-order valence-electron chi connectivity index (χ0n) is 12.8. The summed E-state index contributed by atoms with van der Waals surface area (Å²) in [5.74, 6) is 3.75. The van der Waals surface area contributed by atoms with E-state index in [0.29, 0.717) is 23.8 Å². The van der Waals surface area contributed by atoms with Gasteiger partial charge in [0.15, 0.2) is 5.82 Å². The SMILES string of the molecule is CCCNC(C)C(c1nc(C2CC2C)no1)C(C)C. The molecule has 4 nitrogen and oxygen atoms in total. The van der Waals surface area contributed by atoms with Crippen molar-refractivity contribution in [3.05, 3.63) is 11.7 Å². The summed E-state index contributed by atoms with van der Waals surface area (Å²) in [6.07, 6.45) is 2.35. The second-order valence-electron chi connectivity index (χ2n) is 6.32. The van der Waals surface area contributed by atoms with Gasteiger partial charge >= 0.3 is 0 Å². The molecule has 0 spiro atoms. The van der Waals surface area contributed by atoms with E-state index in [9.17, 15) is 0 Å². The largest absolute Gasteiger partial charge is 0.339 e. The summed E-state index contributed by atoms with van der Waals surface area (Å²) in [5.41, 5.74) is 0. The first-order valence-corrected chi connectivity index (χ1v) is 7.61. The number of nitrogens with one attached hydrogen (secondary N) is 1. The van der Waals surface area contributed by atoms with Crippen LogP contribution in [0.1, 0.15) is 71.0 Å². The lowest BCUT2D eigenvalue weighted by Crippen LogP contribution is -2.35. The average Bonchev–Trinajstić information content (AvgIpc) is 2.89. The summed E-state index contributed by atoms with van der Waals surface area (Å²) in [4.78, 5) is 4.66. The van der Waals surface area contributed by atoms with Gasteiger partial charge in [-0.3, -0.25) is 0 Å². The van der Waals surface area contributed by atoms with Crippen molar-refractivity contribution < 1.29 is 4.52 Å². The first-order chi connectivity index (χ1) is 9.04. The van der Waals surface area contributed by atoms with Crippen LogP contribution >= 0.6 is 0 Å². The van der Waals surface area contributed by atoms with Gasteiger partial charge in [0.05, 0.1) is 5.92 Å². The van der Waals surface area contributed by atoms with Crippen molar-refractivity contribution in [1.29, 1.82) is 0 Å². The fraction of sp³-hybridized carbons (Fsp3) is 0.867. The highest BCUT2D eigenvalue weighted by Gasteiger charge is 2.39. The van der Waals surface area contributed by atoms with Gasteiger partial charge in [-0.25, -0.2) is 0 Å². The lowest BCUT2D eigenvalue weighted by atomic mass is 9.89. The number of rotatable bonds is 7. The molecule has 1 aromatic rings. The molecular formula is C15H27N3O. The molecule has 1 N–H and O–H groups in total. The third kappa shape index (κ3) is 3.35. The zero-order valence-corrected chi connectivity index (χ0v) is 12.8. The predicted octanol–water partition coefficient (Wildman–Crippen LogP) is 3.32. The first-order valence-electron chi connectivity index (χ1n) is 7.61. The fourth-order valence-electron chi connectivity index (χ4n) is 2.79. The maximum absolute atomic E-state index is 5.54. The van der Waals surface area contributed by atoms with E-state index in [1.807, 2.05) is 0 Å². The molecule has 0 aromatic carbocycles. The van der Waals surface area contributed by atoms with E-state index < -0.39 is 0 Å². The van der Waals surface area contributed by atoms with Crippen molar-refractivity contribution in [3.8, 4) is 0 Å². The average molecular weight is 265 g/mol. The van der Waals surface area contributed by atoms with Crippen LogP contribution in [0.15, 0.2) is 4.52 Å². The minimum atomic E-state index is 0.293. The van der Waals surface area contributed by atoms with Gasteiger partial charge in [-0.05, 0) is 38.1 Å². The van der Waals surface area contributed by atoms with Crippen LogP contribution < -0.4 is 5.32 Å². The lowest BCUT2D eigenvalue weighted by molar-refractivity contribution is 0.279. The van der Waals surface area contributed by atoms with E-state index in [1.165, 1.54) is 6.42 Å². The highest BCUT2D eigenvalue weighted by Crippen LogP contribution is 2.45. The van der Waals surface area contributed by atoms with Crippen molar-refractivity contribution in [3.63, 3.8) is 0 Å². The molecule has 19 heavy (non-hydrogen) atoms. The van der Waals surface area contributed by atoms with Crippen molar-refractivity contribution in [2.45, 2.75) is 65.3 Å². The second-order valence-corrected chi connectivity index (χ2v) is 6.32. The Morgan fingerprint density at radius 3 is 2.58 bits per heavy atom. The second kappa shape index (κ2) is 6.04. The Kier molecular flexibility index (Phi) is 4.61. The Hall–Kier alpha value is -0.900. The Morgan fingerprint density at radius 1 is 1.37 bits per heavy atom. The third-order valence-electron chi connectivity index (χ3n) is 4.16. The molecule has 4 atom stereocenters. The summed E-state index contributed by atoms with van der Waals surface area (Å²) in [6.45, 7) is 12.1. The third-order valence-corrected chi connectivity index (χ3v) is 4.16. The first kappa shape index (κ1) is 14.5. The molecule has 1 aliphatic rings. The standard InChI is InChI=1S/C15H27N3O/c1-6-7-16-11(5)13(9(2)3)15-17-14(18-19-15)12-8-10(12)4/h9-13,16H,6-8H2,1-5H3. The molecule has 0 radical (unpaired) electrons. The smallest absolute Gasteiger partial charge is 0.231 e. The van der Waals surface area contributed by atoms with Crippen molar-refractivity contribution in [2.24, 2.45) is 11.8 Å². The molecule has 0 saturated heterocycles. The van der Waals surface area contributed by atoms with Gasteiger partial charge in [-0.2, -0.15) is 4.98 Å². The van der Waals surface area contributed by atoms with Crippen LogP contribution in [0.2, 0.25) is 0 Å². The van der Waals surface area contributed by atoms with Gasteiger partial charge in [0.2, 0.25) is 5.89 Å². The van der Waals surface area contributed by atoms with Crippen LogP contribution in [0.4, 0.5) is 0 Å². The highest BCUT2D eigenvalue weighted by molar-refractivity contribution is 5.10. The van der Waals surface area contributed by atoms with E-state index in [1.54, 1.807) is 0 Å². The molecule has 2 rings (SSSR count). The molecule has 0 amide bonds. The Balaban J connectivity index is 2.07. The molecule has 1 aliphatic carbocycles.